The van der Waals surface area contributed by atoms with Crippen molar-refractivity contribution in [1.29, 1.82) is 0 Å². The van der Waals surface area contributed by atoms with Crippen LogP contribution in [0.3, 0.4) is 0 Å². The van der Waals surface area contributed by atoms with Crippen molar-refractivity contribution in [1.82, 2.24) is 0 Å². The van der Waals surface area contributed by atoms with Gasteiger partial charge >= 0.3 is 37.1 Å². The molecular weight excluding hydrogens is 813 g/mol. The fourth-order valence-corrected chi connectivity index (χ4v) is 44.4. The summed E-state index contributed by atoms with van der Waals surface area (Å²) in [7, 11) is 0. The molecule has 0 radical (unpaired) electrons. The zero-order chi connectivity index (χ0) is 33.1. The first-order valence-corrected chi connectivity index (χ1v) is 24.2. The molecule has 0 spiro atoms. The first-order valence-electron chi connectivity index (χ1n) is 9.55. The molecule has 42 heavy (non-hydrogen) atoms. The Morgan fingerprint density at radius 2 is 0.405 bits per heavy atom. The SMILES string of the molecule is FC(F)(F)CSP1(SCC(F)(F)F)=NP(SCC(F)(F)F)(SCC(F)(F)F)=NP(SCC(F)(F)F)(SCC(F)(F)F)=N1. The molecule has 0 unspecified atom stereocenters. The predicted octanol–water partition coefficient (Wildman–Crippen LogP) is 13.6. The molecule has 0 bridgehead atoms. The minimum Gasteiger partial charge on any atom is -0.202 e. The summed E-state index contributed by atoms with van der Waals surface area (Å²) in [4.78, 5) is 0. The van der Waals surface area contributed by atoms with Gasteiger partial charge in [-0.2, -0.15) is 79.0 Å². The van der Waals surface area contributed by atoms with Crippen molar-refractivity contribution in [2.45, 2.75) is 37.1 Å². The summed E-state index contributed by atoms with van der Waals surface area (Å²) in [6, 6.07) is 0. The number of hydrogen-bond donors (Lipinski definition) is 0. The van der Waals surface area contributed by atoms with Gasteiger partial charge in [-0.3, -0.25) is 0 Å². The van der Waals surface area contributed by atoms with E-state index in [1.54, 1.807) is 0 Å². The van der Waals surface area contributed by atoms with Gasteiger partial charge in [-0.25, -0.2) is 13.5 Å². The quantitative estimate of drug-likeness (QED) is 0.144. The molecular formula is C12H12F18N3P3S6. The van der Waals surface area contributed by atoms with Crippen LogP contribution >= 0.6 is 85.1 Å². The molecule has 0 saturated heterocycles. The van der Waals surface area contributed by atoms with Crippen LogP contribution in [0.15, 0.2) is 13.5 Å². The van der Waals surface area contributed by atoms with Crippen LogP contribution in [0.4, 0.5) is 79.0 Å². The van der Waals surface area contributed by atoms with E-state index in [1.165, 1.54) is 0 Å². The smallest absolute Gasteiger partial charge is 0.202 e. The lowest BCUT2D eigenvalue weighted by Gasteiger charge is -2.35. The van der Waals surface area contributed by atoms with Gasteiger partial charge in [0, 0.05) is 0 Å². The molecule has 0 amide bonds. The average Bonchev–Trinajstić information content (AvgIpc) is 2.74. The highest BCUT2D eigenvalue weighted by atomic mass is 33.1. The second kappa shape index (κ2) is 14.7. The maximum atomic E-state index is 13.1. The van der Waals surface area contributed by atoms with Crippen molar-refractivity contribution < 1.29 is 79.0 Å². The normalized spacial score (nSPS) is 19.6. The van der Waals surface area contributed by atoms with Gasteiger partial charge < -0.3 is 0 Å². The second-order valence-corrected chi connectivity index (χ2v) is 31.3. The van der Waals surface area contributed by atoms with E-state index in [0.717, 1.165) is 0 Å². The van der Waals surface area contributed by atoms with Crippen LogP contribution in [0.5, 0.6) is 0 Å². The van der Waals surface area contributed by atoms with Crippen molar-refractivity contribution in [3.63, 3.8) is 0 Å². The minimum atomic E-state index is -5.28. The maximum Gasteiger partial charge on any atom is 0.398 e. The number of halogens is 18. The lowest BCUT2D eigenvalue weighted by molar-refractivity contribution is -0.106. The first-order chi connectivity index (χ1) is 18.4. The summed E-state index contributed by atoms with van der Waals surface area (Å²) < 4.78 is 247. The van der Waals surface area contributed by atoms with Crippen molar-refractivity contribution >= 4 is 85.1 Å². The molecule has 1 heterocycles. The van der Waals surface area contributed by atoms with Gasteiger partial charge in [-0.15, -0.1) is 0 Å². The Morgan fingerprint density at radius 1 is 0.286 bits per heavy atom. The Kier molecular flexibility index (Phi) is 14.6. The zero-order valence-electron chi connectivity index (χ0n) is 19.2. The van der Waals surface area contributed by atoms with Crippen LogP contribution in [-0.2, 0) is 0 Å². The van der Waals surface area contributed by atoms with Gasteiger partial charge in [0.05, 0.1) is 34.5 Å². The second-order valence-electron chi connectivity index (χ2n) is 7.07. The largest absolute Gasteiger partial charge is 0.398 e. The van der Waals surface area contributed by atoms with E-state index in [-0.39, 0.29) is 0 Å². The molecule has 30 heteroatoms. The van der Waals surface area contributed by atoms with Gasteiger partial charge in [-0.1, -0.05) is 68.3 Å². The number of alkyl halides is 18. The fourth-order valence-electron chi connectivity index (χ4n) is 1.85. The van der Waals surface area contributed by atoms with E-state index in [1.807, 2.05) is 0 Å². The Balaban J connectivity index is 4.20. The summed E-state index contributed by atoms with van der Waals surface area (Å²) in [5.74, 6) is -13.1. The molecule has 0 aliphatic carbocycles. The lowest BCUT2D eigenvalue weighted by atomic mass is 10.8. The molecule has 0 saturated carbocycles. The third-order valence-corrected chi connectivity index (χ3v) is 35.2. The Labute approximate surface area is 248 Å². The van der Waals surface area contributed by atoms with E-state index < -0.39 is 157 Å². The summed E-state index contributed by atoms with van der Waals surface area (Å²) in [6.07, 6.45) is -31.7. The molecule has 0 fully saturated rings. The van der Waals surface area contributed by atoms with Crippen LogP contribution in [0.1, 0.15) is 0 Å². The van der Waals surface area contributed by atoms with E-state index in [2.05, 4.69) is 13.5 Å². The van der Waals surface area contributed by atoms with E-state index >= 15 is 0 Å². The van der Waals surface area contributed by atoms with Gasteiger partial charge in [-0.05, 0) is 0 Å². The number of rotatable bonds is 12. The van der Waals surface area contributed by atoms with E-state index in [9.17, 15) is 79.0 Å². The fraction of sp³-hybridized carbons (Fsp3) is 1.00. The molecule has 1 rings (SSSR count). The zero-order valence-corrected chi connectivity index (χ0v) is 26.8. The highest BCUT2D eigenvalue weighted by Gasteiger charge is 2.48. The van der Waals surface area contributed by atoms with Gasteiger partial charge in [0.2, 0.25) is 0 Å². The first kappa shape index (κ1) is 41.6. The third-order valence-electron chi connectivity index (χ3n) is 3.06. The van der Waals surface area contributed by atoms with Gasteiger partial charge in [0.15, 0.2) is 16.8 Å². The minimum absolute atomic E-state index is 0.637. The van der Waals surface area contributed by atoms with Crippen molar-refractivity contribution in [2.24, 2.45) is 13.5 Å². The van der Waals surface area contributed by atoms with Crippen LogP contribution in [0, 0.1) is 0 Å². The monoisotopic (exact) mass is 825 g/mol. The van der Waals surface area contributed by atoms with Crippen molar-refractivity contribution in [3.05, 3.63) is 0 Å². The van der Waals surface area contributed by atoms with E-state index in [4.69, 9.17) is 0 Å². The molecule has 0 aromatic carbocycles. The average molecular weight is 826 g/mol. The van der Waals surface area contributed by atoms with Crippen molar-refractivity contribution in [2.75, 3.05) is 34.5 Å². The van der Waals surface area contributed by atoms with Crippen LogP contribution in [0.2, 0.25) is 0 Å². The van der Waals surface area contributed by atoms with Gasteiger partial charge in [0.25, 0.3) is 0 Å². The Morgan fingerprint density at radius 3 is 0.500 bits per heavy atom. The number of hydrogen-bond acceptors (Lipinski definition) is 9. The maximum absolute atomic E-state index is 13.1. The summed E-state index contributed by atoms with van der Waals surface area (Å²) in [5.41, 5.74) is -15.2. The van der Waals surface area contributed by atoms with Gasteiger partial charge in [0.1, 0.15) is 0 Å². The van der Waals surface area contributed by atoms with E-state index in [0.29, 0.717) is 0 Å². The molecule has 252 valence electrons. The molecule has 0 N–H and O–H groups in total. The molecule has 0 aromatic rings. The van der Waals surface area contributed by atoms with Crippen LogP contribution in [-0.4, -0.2) is 71.6 Å². The molecule has 1 aliphatic heterocycles. The highest BCUT2D eigenvalue weighted by Crippen LogP contribution is 2.97. The summed E-state index contributed by atoms with van der Waals surface area (Å²) in [6.45, 7) is 0. The molecule has 3 nitrogen and oxygen atoms in total. The topological polar surface area (TPSA) is 37.1 Å². The lowest BCUT2D eigenvalue weighted by Crippen LogP contribution is -2.13. The highest BCUT2D eigenvalue weighted by molar-refractivity contribution is 9.00. The van der Waals surface area contributed by atoms with Crippen molar-refractivity contribution in [3.8, 4) is 0 Å². The molecule has 0 atom stereocenters. The van der Waals surface area contributed by atoms with Crippen LogP contribution in [0.25, 0.3) is 0 Å². The predicted molar refractivity (Wildman–Crippen MR) is 139 cm³/mol. The Hall–Kier alpha value is 1.53. The standard InChI is InChI=1S/C12H12F18N3P3S6/c13-7(14,15)1-37-34(38-2-8(16,17)18)31-35(39-3-9(19,20)21,40-4-10(22,23)24)33-36(32-34,41-5-11(25,26)27)42-6-12(28,29)30/h1-6H2. The Bertz CT molecular complexity index is 861. The van der Waals surface area contributed by atoms with Crippen LogP contribution < -0.4 is 0 Å². The molecule has 0 aromatic heterocycles. The third kappa shape index (κ3) is 18.0. The summed E-state index contributed by atoms with van der Waals surface area (Å²) in [5, 5.41) is 0. The summed E-state index contributed by atoms with van der Waals surface area (Å²) >= 11 is -3.82. The molecule has 1 aliphatic rings. The number of nitrogens with zero attached hydrogens (tertiary/aromatic N) is 3.